The fourth-order valence-electron chi connectivity index (χ4n) is 1.55. The molecule has 0 radical (unpaired) electrons. The molecule has 102 valence electrons. The van der Waals surface area contributed by atoms with Crippen molar-refractivity contribution in [3.8, 4) is 0 Å². The molecule has 0 spiro atoms. The van der Waals surface area contributed by atoms with Crippen LogP contribution in [-0.4, -0.2) is 13.9 Å². The van der Waals surface area contributed by atoms with Gasteiger partial charge in [-0.2, -0.15) is 0 Å². The average Bonchev–Trinajstić information content (AvgIpc) is 2.89. The van der Waals surface area contributed by atoms with Crippen LogP contribution in [0.1, 0.15) is 38.3 Å². The molecule has 19 heavy (non-hydrogen) atoms. The zero-order chi connectivity index (χ0) is 13.9. The SMILES string of the molecule is CC(C)(C)S(=O)N[C@@H](c1ccccn1)c1ccco1. The first-order chi connectivity index (χ1) is 8.98. The molecular formula is C14H18N2O2S. The van der Waals surface area contributed by atoms with Crippen LogP contribution in [0.25, 0.3) is 0 Å². The lowest BCUT2D eigenvalue weighted by Gasteiger charge is -2.22. The van der Waals surface area contributed by atoms with Gasteiger partial charge in [0.2, 0.25) is 0 Å². The third-order valence-corrected chi connectivity index (χ3v) is 4.15. The molecule has 0 saturated carbocycles. The Labute approximate surface area is 115 Å². The number of furan rings is 1. The Morgan fingerprint density at radius 1 is 1.26 bits per heavy atom. The van der Waals surface area contributed by atoms with E-state index in [1.807, 2.05) is 51.1 Å². The molecule has 0 aliphatic heterocycles. The Bertz CT molecular complexity index is 532. The molecule has 2 rings (SSSR count). The lowest BCUT2D eigenvalue weighted by Crippen LogP contribution is -2.36. The molecule has 1 N–H and O–H groups in total. The van der Waals surface area contributed by atoms with Crippen molar-refractivity contribution in [2.24, 2.45) is 0 Å². The van der Waals surface area contributed by atoms with Crippen molar-refractivity contribution in [3.63, 3.8) is 0 Å². The van der Waals surface area contributed by atoms with E-state index < -0.39 is 11.0 Å². The van der Waals surface area contributed by atoms with Gasteiger partial charge in [0.15, 0.2) is 0 Å². The summed E-state index contributed by atoms with van der Waals surface area (Å²) in [6.07, 6.45) is 3.32. The quantitative estimate of drug-likeness (QED) is 0.935. The molecule has 4 nitrogen and oxygen atoms in total. The molecule has 0 aliphatic rings. The largest absolute Gasteiger partial charge is 0.467 e. The van der Waals surface area contributed by atoms with Gasteiger partial charge in [-0.1, -0.05) is 6.07 Å². The molecule has 5 heteroatoms. The Kier molecular flexibility index (Phi) is 4.17. The van der Waals surface area contributed by atoms with Crippen molar-refractivity contribution in [1.82, 2.24) is 9.71 Å². The van der Waals surface area contributed by atoms with E-state index in [1.54, 1.807) is 12.5 Å². The second-order valence-electron chi connectivity index (χ2n) is 5.20. The Morgan fingerprint density at radius 2 is 2.05 bits per heavy atom. The smallest absolute Gasteiger partial charge is 0.127 e. The average molecular weight is 278 g/mol. The predicted molar refractivity (Wildman–Crippen MR) is 75.8 cm³/mol. The number of nitrogens with one attached hydrogen (secondary N) is 1. The summed E-state index contributed by atoms with van der Waals surface area (Å²) in [5, 5.41) is 0. The van der Waals surface area contributed by atoms with E-state index >= 15 is 0 Å². The molecular weight excluding hydrogens is 260 g/mol. The van der Waals surface area contributed by atoms with Crippen LogP contribution in [0.3, 0.4) is 0 Å². The van der Waals surface area contributed by atoms with Gasteiger partial charge in [0.1, 0.15) is 11.8 Å². The van der Waals surface area contributed by atoms with E-state index in [0.29, 0.717) is 5.76 Å². The van der Waals surface area contributed by atoms with Gasteiger partial charge in [-0.3, -0.25) is 4.98 Å². The maximum absolute atomic E-state index is 12.3. The highest BCUT2D eigenvalue weighted by molar-refractivity contribution is 7.84. The summed E-state index contributed by atoms with van der Waals surface area (Å²) < 4.78 is 20.4. The monoisotopic (exact) mass is 278 g/mol. The summed E-state index contributed by atoms with van der Waals surface area (Å²) in [5.74, 6) is 0.705. The minimum atomic E-state index is -1.20. The second-order valence-corrected chi connectivity index (χ2v) is 7.20. The highest BCUT2D eigenvalue weighted by Gasteiger charge is 2.26. The van der Waals surface area contributed by atoms with Crippen LogP contribution in [0.5, 0.6) is 0 Å². The molecule has 0 saturated heterocycles. The van der Waals surface area contributed by atoms with E-state index in [4.69, 9.17) is 4.42 Å². The number of aromatic nitrogens is 1. The van der Waals surface area contributed by atoms with Crippen LogP contribution >= 0.6 is 0 Å². The van der Waals surface area contributed by atoms with E-state index in [2.05, 4.69) is 9.71 Å². The summed E-state index contributed by atoms with van der Waals surface area (Å²) in [4.78, 5) is 4.31. The van der Waals surface area contributed by atoms with Crippen LogP contribution in [0, 0.1) is 0 Å². The molecule has 0 aliphatic carbocycles. The maximum Gasteiger partial charge on any atom is 0.127 e. The normalized spacial score (nSPS) is 15.1. The second kappa shape index (κ2) is 5.67. The van der Waals surface area contributed by atoms with Gasteiger partial charge in [0.25, 0.3) is 0 Å². The summed E-state index contributed by atoms with van der Waals surface area (Å²) in [5.41, 5.74) is 0.787. The standard InChI is InChI=1S/C14H18N2O2S/c1-14(2,3)19(17)16-13(12-8-6-10-18-12)11-7-4-5-9-15-11/h4-10,13,16H,1-3H3/t13-,19?/m0/s1. The Morgan fingerprint density at radius 3 is 2.58 bits per heavy atom. The van der Waals surface area contributed by atoms with Crippen molar-refractivity contribution in [2.75, 3.05) is 0 Å². The van der Waals surface area contributed by atoms with E-state index in [0.717, 1.165) is 5.69 Å². The fraction of sp³-hybridized carbons (Fsp3) is 0.357. The Balaban J connectivity index is 2.29. The Hall–Kier alpha value is -1.46. The van der Waals surface area contributed by atoms with E-state index in [9.17, 15) is 4.21 Å². The zero-order valence-electron chi connectivity index (χ0n) is 11.3. The van der Waals surface area contributed by atoms with Crippen LogP contribution in [0.15, 0.2) is 47.2 Å². The number of nitrogens with zero attached hydrogens (tertiary/aromatic N) is 1. The van der Waals surface area contributed by atoms with Gasteiger partial charge in [-0.25, -0.2) is 8.93 Å². The number of hydrogen-bond donors (Lipinski definition) is 1. The highest BCUT2D eigenvalue weighted by Crippen LogP contribution is 2.23. The topological polar surface area (TPSA) is 55.1 Å². The lowest BCUT2D eigenvalue weighted by atomic mass is 10.1. The molecule has 0 bridgehead atoms. The molecule has 2 atom stereocenters. The first-order valence-electron chi connectivity index (χ1n) is 6.11. The van der Waals surface area contributed by atoms with Gasteiger partial charge in [0, 0.05) is 6.20 Å². The number of rotatable bonds is 4. The number of hydrogen-bond acceptors (Lipinski definition) is 3. The van der Waals surface area contributed by atoms with Gasteiger partial charge in [-0.05, 0) is 45.0 Å². The van der Waals surface area contributed by atoms with Gasteiger partial charge < -0.3 is 4.42 Å². The van der Waals surface area contributed by atoms with Crippen molar-refractivity contribution >= 4 is 11.0 Å². The van der Waals surface area contributed by atoms with Crippen molar-refractivity contribution in [2.45, 2.75) is 31.6 Å². The fourth-order valence-corrected chi connectivity index (χ4v) is 2.35. The first-order valence-corrected chi connectivity index (χ1v) is 7.26. The number of pyridine rings is 1. The molecule has 0 aromatic carbocycles. The van der Waals surface area contributed by atoms with Crippen LogP contribution in [-0.2, 0) is 11.0 Å². The van der Waals surface area contributed by atoms with Crippen LogP contribution in [0.4, 0.5) is 0 Å². The minimum Gasteiger partial charge on any atom is -0.467 e. The summed E-state index contributed by atoms with van der Waals surface area (Å²) >= 11 is 0. The van der Waals surface area contributed by atoms with Crippen LogP contribution in [0.2, 0.25) is 0 Å². The van der Waals surface area contributed by atoms with Crippen molar-refractivity contribution < 1.29 is 8.63 Å². The van der Waals surface area contributed by atoms with Gasteiger partial charge >= 0.3 is 0 Å². The molecule has 1 unspecified atom stereocenters. The lowest BCUT2D eigenvalue weighted by molar-refractivity contribution is 0.472. The molecule has 2 aromatic rings. The first kappa shape index (κ1) is 14.0. The summed E-state index contributed by atoms with van der Waals surface area (Å²) in [6, 6.07) is 9.00. The molecule has 0 fully saturated rings. The van der Waals surface area contributed by atoms with Crippen molar-refractivity contribution in [3.05, 3.63) is 54.2 Å². The van der Waals surface area contributed by atoms with E-state index in [1.165, 1.54) is 0 Å². The van der Waals surface area contributed by atoms with Gasteiger partial charge in [-0.15, -0.1) is 0 Å². The molecule has 2 heterocycles. The maximum atomic E-state index is 12.3. The van der Waals surface area contributed by atoms with E-state index in [-0.39, 0.29) is 10.8 Å². The third kappa shape index (κ3) is 3.52. The van der Waals surface area contributed by atoms with Crippen LogP contribution < -0.4 is 4.72 Å². The molecule has 2 aromatic heterocycles. The predicted octanol–water partition coefficient (Wildman–Crippen LogP) is 2.82. The van der Waals surface area contributed by atoms with Gasteiger partial charge in [0.05, 0.1) is 27.7 Å². The summed E-state index contributed by atoms with van der Waals surface area (Å²) in [7, 11) is -1.20. The summed E-state index contributed by atoms with van der Waals surface area (Å²) in [6.45, 7) is 5.77. The zero-order valence-corrected chi connectivity index (χ0v) is 12.1. The highest BCUT2D eigenvalue weighted by atomic mass is 32.2. The minimum absolute atomic E-state index is 0.309. The molecule has 0 amide bonds. The third-order valence-electron chi connectivity index (χ3n) is 2.59. The van der Waals surface area contributed by atoms with Crippen molar-refractivity contribution in [1.29, 1.82) is 0 Å².